The molecule has 0 bridgehead atoms. The van der Waals surface area contributed by atoms with Crippen LogP contribution >= 0.6 is 0 Å². The highest BCUT2D eigenvalue weighted by molar-refractivity contribution is 5.12. The van der Waals surface area contributed by atoms with Crippen LogP contribution in [0.25, 0.3) is 0 Å². The third-order valence-electron chi connectivity index (χ3n) is 2.85. The fourth-order valence-electron chi connectivity index (χ4n) is 2.10. The van der Waals surface area contributed by atoms with Crippen LogP contribution in [-0.4, -0.2) is 24.4 Å². The predicted octanol–water partition coefficient (Wildman–Crippen LogP) is 1.49. The molecule has 0 radical (unpaired) electrons. The smallest absolute Gasteiger partial charge is 0.0860 e. The third kappa shape index (κ3) is 1.54. The predicted molar refractivity (Wildman–Crippen MR) is 46.9 cm³/mol. The third-order valence-corrected chi connectivity index (χ3v) is 2.85. The van der Waals surface area contributed by atoms with Gasteiger partial charge in [0.1, 0.15) is 0 Å². The van der Waals surface area contributed by atoms with Gasteiger partial charge in [0.05, 0.1) is 19.3 Å². The van der Waals surface area contributed by atoms with E-state index < -0.39 is 0 Å². The summed E-state index contributed by atoms with van der Waals surface area (Å²) in [7, 11) is 0. The molecule has 12 heavy (non-hydrogen) atoms. The van der Waals surface area contributed by atoms with Gasteiger partial charge in [-0.2, -0.15) is 0 Å². The Bertz CT molecular complexity index is 186. The Morgan fingerprint density at radius 3 is 2.83 bits per heavy atom. The molecule has 1 saturated heterocycles. The molecule has 68 valence electrons. The molecular formula is C10H16O2. The van der Waals surface area contributed by atoms with Crippen LogP contribution in [0.3, 0.4) is 0 Å². The number of rotatable bonds is 1. The van der Waals surface area contributed by atoms with E-state index in [1.54, 1.807) is 0 Å². The monoisotopic (exact) mass is 168 g/mol. The van der Waals surface area contributed by atoms with E-state index in [9.17, 15) is 5.11 Å². The topological polar surface area (TPSA) is 29.5 Å². The SMILES string of the molecule is O[C@@H]1COC[C@H]1C1=CCCCC1. The van der Waals surface area contributed by atoms with E-state index in [0.29, 0.717) is 12.5 Å². The van der Waals surface area contributed by atoms with E-state index in [-0.39, 0.29) is 6.10 Å². The van der Waals surface area contributed by atoms with Gasteiger partial charge in [-0.05, 0) is 25.7 Å². The zero-order valence-electron chi connectivity index (χ0n) is 7.33. The highest BCUT2D eigenvalue weighted by Gasteiger charge is 2.29. The average molecular weight is 168 g/mol. The van der Waals surface area contributed by atoms with Crippen molar-refractivity contribution in [2.24, 2.45) is 5.92 Å². The molecule has 0 saturated carbocycles. The molecule has 2 rings (SSSR count). The molecule has 2 aliphatic rings. The largest absolute Gasteiger partial charge is 0.390 e. The number of ether oxygens (including phenoxy) is 1. The maximum atomic E-state index is 9.58. The summed E-state index contributed by atoms with van der Waals surface area (Å²) < 4.78 is 5.23. The molecule has 1 N–H and O–H groups in total. The first-order valence-corrected chi connectivity index (χ1v) is 4.82. The van der Waals surface area contributed by atoms with Crippen molar-refractivity contribution >= 4 is 0 Å². The highest BCUT2D eigenvalue weighted by atomic mass is 16.5. The molecule has 1 aliphatic heterocycles. The zero-order chi connectivity index (χ0) is 8.39. The van der Waals surface area contributed by atoms with Crippen LogP contribution in [0.4, 0.5) is 0 Å². The summed E-state index contributed by atoms with van der Waals surface area (Å²) in [6, 6.07) is 0. The summed E-state index contributed by atoms with van der Waals surface area (Å²) in [5.74, 6) is 0.310. The average Bonchev–Trinajstić information content (AvgIpc) is 2.53. The van der Waals surface area contributed by atoms with Crippen LogP contribution in [0.2, 0.25) is 0 Å². The van der Waals surface area contributed by atoms with Crippen molar-refractivity contribution in [2.75, 3.05) is 13.2 Å². The number of hydrogen-bond acceptors (Lipinski definition) is 2. The summed E-state index contributed by atoms with van der Waals surface area (Å²) >= 11 is 0. The van der Waals surface area contributed by atoms with Gasteiger partial charge in [-0.1, -0.05) is 11.6 Å². The highest BCUT2D eigenvalue weighted by Crippen LogP contribution is 2.29. The van der Waals surface area contributed by atoms with E-state index in [0.717, 1.165) is 6.61 Å². The number of hydrogen-bond donors (Lipinski definition) is 1. The fraction of sp³-hybridized carbons (Fsp3) is 0.800. The van der Waals surface area contributed by atoms with Gasteiger partial charge in [0.25, 0.3) is 0 Å². The summed E-state index contributed by atoms with van der Waals surface area (Å²) in [4.78, 5) is 0. The molecular weight excluding hydrogens is 152 g/mol. The van der Waals surface area contributed by atoms with Crippen molar-refractivity contribution in [3.05, 3.63) is 11.6 Å². The summed E-state index contributed by atoms with van der Waals surface area (Å²) in [6.45, 7) is 1.26. The Morgan fingerprint density at radius 1 is 1.33 bits per heavy atom. The van der Waals surface area contributed by atoms with Gasteiger partial charge in [0, 0.05) is 5.92 Å². The normalized spacial score (nSPS) is 36.6. The number of allylic oxidation sites excluding steroid dienone is 1. The summed E-state index contributed by atoms with van der Waals surface area (Å²) in [5, 5.41) is 9.58. The quantitative estimate of drug-likeness (QED) is 0.601. The van der Waals surface area contributed by atoms with Crippen LogP contribution in [0.5, 0.6) is 0 Å². The maximum absolute atomic E-state index is 9.58. The van der Waals surface area contributed by atoms with Crippen molar-refractivity contribution < 1.29 is 9.84 Å². The van der Waals surface area contributed by atoms with Crippen LogP contribution in [0.15, 0.2) is 11.6 Å². The Hall–Kier alpha value is -0.340. The van der Waals surface area contributed by atoms with Crippen molar-refractivity contribution in [1.82, 2.24) is 0 Å². The number of aliphatic hydroxyl groups is 1. The van der Waals surface area contributed by atoms with E-state index in [1.165, 1.54) is 31.3 Å². The van der Waals surface area contributed by atoms with Crippen molar-refractivity contribution in [3.8, 4) is 0 Å². The lowest BCUT2D eigenvalue weighted by Crippen LogP contribution is -2.20. The molecule has 0 spiro atoms. The first kappa shape index (κ1) is 8.27. The minimum absolute atomic E-state index is 0.241. The van der Waals surface area contributed by atoms with Crippen LogP contribution in [0.1, 0.15) is 25.7 Å². The molecule has 1 fully saturated rings. The molecule has 1 heterocycles. The molecule has 2 heteroatoms. The molecule has 0 aromatic rings. The summed E-state index contributed by atoms with van der Waals surface area (Å²) in [6.07, 6.45) is 7.02. The van der Waals surface area contributed by atoms with Crippen molar-refractivity contribution in [1.29, 1.82) is 0 Å². The van der Waals surface area contributed by atoms with E-state index >= 15 is 0 Å². The molecule has 0 unspecified atom stereocenters. The molecule has 2 nitrogen and oxygen atoms in total. The van der Waals surface area contributed by atoms with Gasteiger partial charge in [0.2, 0.25) is 0 Å². The van der Waals surface area contributed by atoms with E-state index in [1.807, 2.05) is 0 Å². The Balaban J connectivity index is 2.02. The second-order valence-corrected chi connectivity index (χ2v) is 3.74. The molecule has 0 aromatic carbocycles. The van der Waals surface area contributed by atoms with E-state index in [2.05, 4.69) is 6.08 Å². The summed E-state index contributed by atoms with van der Waals surface area (Å²) in [5.41, 5.74) is 1.44. The van der Waals surface area contributed by atoms with Crippen LogP contribution in [-0.2, 0) is 4.74 Å². The number of aliphatic hydroxyl groups excluding tert-OH is 1. The standard InChI is InChI=1S/C10H16O2/c11-10-7-12-6-9(10)8-4-2-1-3-5-8/h4,9-11H,1-3,5-7H2/t9-,10+/m0/s1. The molecule has 0 aromatic heterocycles. The minimum Gasteiger partial charge on any atom is -0.390 e. The first-order chi connectivity index (χ1) is 5.88. The van der Waals surface area contributed by atoms with Crippen molar-refractivity contribution in [3.63, 3.8) is 0 Å². The van der Waals surface area contributed by atoms with Crippen molar-refractivity contribution in [2.45, 2.75) is 31.8 Å². The second-order valence-electron chi connectivity index (χ2n) is 3.74. The Morgan fingerprint density at radius 2 is 2.25 bits per heavy atom. The van der Waals surface area contributed by atoms with Gasteiger partial charge >= 0.3 is 0 Å². The minimum atomic E-state index is -0.241. The molecule has 1 aliphatic carbocycles. The lowest BCUT2D eigenvalue weighted by Gasteiger charge is -2.20. The Labute approximate surface area is 73.2 Å². The van der Waals surface area contributed by atoms with E-state index in [4.69, 9.17) is 4.74 Å². The molecule has 2 atom stereocenters. The van der Waals surface area contributed by atoms with Crippen LogP contribution < -0.4 is 0 Å². The first-order valence-electron chi connectivity index (χ1n) is 4.82. The van der Waals surface area contributed by atoms with Gasteiger partial charge in [0.15, 0.2) is 0 Å². The fourth-order valence-corrected chi connectivity index (χ4v) is 2.10. The zero-order valence-corrected chi connectivity index (χ0v) is 7.33. The lowest BCUT2D eigenvalue weighted by molar-refractivity contribution is 0.121. The maximum Gasteiger partial charge on any atom is 0.0860 e. The van der Waals surface area contributed by atoms with Gasteiger partial charge in [-0.25, -0.2) is 0 Å². The Kier molecular flexibility index (Phi) is 2.47. The second kappa shape index (κ2) is 3.58. The van der Waals surface area contributed by atoms with Gasteiger partial charge in [-0.3, -0.25) is 0 Å². The van der Waals surface area contributed by atoms with Crippen LogP contribution in [0, 0.1) is 5.92 Å². The lowest BCUT2D eigenvalue weighted by atomic mass is 9.87. The van der Waals surface area contributed by atoms with Gasteiger partial charge in [-0.15, -0.1) is 0 Å². The van der Waals surface area contributed by atoms with Gasteiger partial charge < -0.3 is 9.84 Å². The molecule has 0 amide bonds.